The van der Waals surface area contributed by atoms with Crippen molar-refractivity contribution in [3.8, 4) is 5.75 Å². The van der Waals surface area contributed by atoms with Crippen LogP contribution in [0, 0.1) is 5.92 Å². The minimum atomic E-state index is -0.260. The SMILES string of the molecule is COc1ccc2[nH]cc(C(=O)N3CCCC(Cn4ccnc4)C3)c(=O)c2c1. The summed E-state index contributed by atoms with van der Waals surface area (Å²) < 4.78 is 7.24. The Morgan fingerprint density at radius 3 is 3.07 bits per heavy atom. The Bertz CT molecular complexity index is 1010. The second-order valence-electron chi connectivity index (χ2n) is 6.96. The van der Waals surface area contributed by atoms with Gasteiger partial charge < -0.3 is 19.2 Å². The summed E-state index contributed by atoms with van der Waals surface area (Å²) in [5.41, 5.74) is 0.609. The third-order valence-electron chi connectivity index (χ3n) is 5.15. The topological polar surface area (TPSA) is 80.2 Å². The summed E-state index contributed by atoms with van der Waals surface area (Å²) in [7, 11) is 1.55. The summed E-state index contributed by atoms with van der Waals surface area (Å²) in [6.45, 7) is 2.15. The first-order valence-electron chi connectivity index (χ1n) is 9.10. The van der Waals surface area contributed by atoms with Gasteiger partial charge in [0.15, 0.2) is 0 Å². The number of pyridine rings is 1. The van der Waals surface area contributed by atoms with Gasteiger partial charge in [0.05, 0.1) is 13.4 Å². The molecule has 1 aromatic carbocycles. The monoisotopic (exact) mass is 366 g/mol. The van der Waals surface area contributed by atoms with Crippen LogP contribution < -0.4 is 10.2 Å². The van der Waals surface area contributed by atoms with Crippen molar-refractivity contribution in [2.24, 2.45) is 5.92 Å². The lowest BCUT2D eigenvalue weighted by molar-refractivity contribution is 0.0661. The molecule has 7 nitrogen and oxygen atoms in total. The molecule has 1 fully saturated rings. The number of nitrogens with one attached hydrogen (secondary N) is 1. The maximum Gasteiger partial charge on any atom is 0.259 e. The van der Waals surface area contributed by atoms with E-state index in [2.05, 4.69) is 9.97 Å². The number of hydrogen-bond acceptors (Lipinski definition) is 4. The van der Waals surface area contributed by atoms with Gasteiger partial charge in [-0.2, -0.15) is 0 Å². The fourth-order valence-electron chi connectivity index (χ4n) is 3.75. The third kappa shape index (κ3) is 3.45. The summed E-state index contributed by atoms with van der Waals surface area (Å²) in [5, 5.41) is 0.465. The number of amides is 1. The van der Waals surface area contributed by atoms with E-state index in [0.29, 0.717) is 35.7 Å². The van der Waals surface area contributed by atoms with E-state index in [1.807, 2.05) is 10.8 Å². The molecule has 0 radical (unpaired) electrons. The number of ether oxygens (including phenoxy) is 1. The molecule has 0 bridgehead atoms. The van der Waals surface area contributed by atoms with E-state index in [-0.39, 0.29) is 16.9 Å². The van der Waals surface area contributed by atoms with Crippen LogP contribution in [0.3, 0.4) is 0 Å². The lowest BCUT2D eigenvalue weighted by atomic mass is 9.97. The van der Waals surface area contributed by atoms with Crippen molar-refractivity contribution in [1.82, 2.24) is 19.4 Å². The van der Waals surface area contributed by atoms with E-state index in [4.69, 9.17) is 4.74 Å². The van der Waals surface area contributed by atoms with Gasteiger partial charge in [-0.05, 0) is 37.0 Å². The lowest BCUT2D eigenvalue weighted by Gasteiger charge is -2.32. The van der Waals surface area contributed by atoms with Crippen molar-refractivity contribution >= 4 is 16.8 Å². The smallest absolute Gasteiger partial charge is 0.259 e. The molecule has 140 valence electrons. The van der Waals surface area contributed by atoms with Gasteiger partial charge in [-0.15, -0.1) is 0 Å². The van der Waals surface area contributed by atoms with Gasteiger partial charge >= 0.3 is 0 Å². The zero-order chi connectivity index (χ0) is 18.8. The molecule has 3 heterocycles. The Labute approximate surface area is 156 Å². The Kier molecular flexibility index (Phi) is 4.66. The van der Waals surface area contributed by atoms with Crippen molar-refractivity contribution in [1.29, 1.82) is 0 Å². The van der Waals surface area contributed by atoms with Crippen LogP contribution in [0.4, 0.5) is 0 Å². The predicted octanol–water partition coefficient (Wildman–Crippen LogP) is 2.29. The Morgan fingerprint density at radius 2 is 2.30 bits per heavy atom. The molecular weight excluding hydrogens is 344 g/mol. The van der Waals surface area contributed by atoms with Crippen molar-refractivity contribution in [3.05, 3.63) is 58.9 Å². The number of hydrogen-bond donors (Lipinski definition) is 1. The summed E-state index contributed by atoms with van der Waals surface area (Å²) in [5.74, 6) is 0.740. The van der Waals surface area contributed by atoms with E-state index in [1.165, 1.54) is 6.20 Å². The Morgan fingerprint density at radius 1 is 1.41 bits per heavy atom. The summed E-state index contributed by atoms with van der Waals surface area (Å²) >= 11 is 0. The molecule has 0 spiro atoms. The number of nitrogens with zero attached hydrogens (tertiary/aromatic N) is 3. The largest absolute Gasteiger partial charge is 0.497 e. The molecule has 7 heteroatoms. The maximum absolute atomic E-state index is 13.0. The Balaban J connectivity index is 1.58. The molecule has 1 atom stereocenters. The second kappa shape index (κ2) is 7.26. The zero-order valence-electron chi connectivity index (χ0n) is 15.2. The summed E-state index contributed by atoms with van der Waals surface area (Å²) in [4.78, 5) is 34.8. The van der Waals surface area contributed by atoms with Crippen LogP contribution >= 0.6 is 0 Å². The highest BCUT2D eigenvalue weighted by atomic mass is 16.5. The van der Waals surface area contributed by atoms with Gasteiger partial charge in [-0.3, -0.25) is 9.59 Å². The van der Waals surface area contributed by atoms with E-state index < -0.39 is 0 Å². The standard InChI is InChI=1S/C20H22N4O3/c1-27-15-4-5-18-16(9-15)19(25)17(10-22-18)20(26)24-7-2-3-14(12-24)11-23-8-6-21-13-23/h4-6,8-10,13-14H,2-3,7,11-12H2,1H3,(H,22,25). The molecule has 1 unspecified atom stereocenters. The number of fused-ring (bicyclic) bond motifs is 1. The van der Waals surface area contributed by atoms with Crippen LogP contribution in [0.25, 0.3) is 10.9 Å². The average molecular weight is 366 g/mol. The van der Waals surface area contributed by atoms with Crippen LogP contribution in [0.1, 0.15) is 23.2 Å². The van der Waals surface area contributed by atoms with Gasteiger partial charge in [0.25, 0.3) is 5.91 Å². The van der Waals surface area contributed by atoms with Crippen molar-refractivity contribution in [3.63, 3.8) is 0 Å². The molecule has 0 saturated carbocycles. The predicted molar refractivity (Wildman–Crippen MR) is 102 cm³/mol. The number of imidazole rings is 1. The van der Waals surface area contributed by atoms with Gasteiger partial charge in [0.1, 0.15) is 11.3 Å². The first kappa shape index (κ1) is 17.3. The molecule has 1 aliphatic rings. The maximum atomic E-state index is 13.0. The van der Waals surface area contributed by atoms with Gasteiger partial charge in [0, 0.05) is 49.1 Å². The first-order chi connectivity index (χ1) is 13.2. The number of carbonyl (C=O) groups is 1. The molecule has 0 aliphatic carbocycles. The first-order valence-corrected chi connectivity index (χ1v) is 9.10. The zero-order valence-corrected chi connectivity index (χ0v) is 15.2. The third-order valence-corrected chi connectivity index (χ3v) is 5.15. The van der Waals surface area contributed by atoms with E-state index >= 15 is 0 Å². The quantitative estimate of drug-likeness (QED) is 0.768. The number of methoxy groups -OCH3 is 1. The van der Waals surface area contributed by atoms with E-state index in [9.17, 15) is 9.59 Å². The van der Waals surface area contributed by atoms with Gasteiger partial charge in [0.2, 0.25) is 5.43 Å². The number of aromatic nitrogens is 3. The highest BCUT2D eigenvalue weighted by molar-refractivity contribution is 5.97. The van der Waals surface area contributed by atoms with Crippen LogP contribution in [0.2, 0.25) is 0 Å². The van der Waals surface area contributed by atoms with Crippen LogP contribution in [-0.4, -0.2) is 45.5 Å². The second-order valence-corrected chi connectivity index (χ2v) is 6.96. The number of H-pyrrole nitrogens is 1. The molecule has 1 amide bonds. The molecule has 1 N–H and O–H groups in total. The number of aromatic amines is 1. The number of benzene rings is 1. The van der Waals surface area contributed by atoms with Crippen LogP contribution in [-0.2, 0) is 6.54 Å². The fraction of sp³-hybridized carbons (Fsp3) is 0.350. The molecule has 27 heavy (non-hydrogen) atoms. The van der Waals surface area contributed by atoms with Crippen molar-refractivity contribution < 1.29 is 9.53 Å². The summed E-state index contributed by atoms with van der Waals surface area (Å²) in [6, 6.07) is 5.24. The molecular formula is C20H22N4O3. The number of piperidine rings is 1. The molecule has 1 saturated heterocycles. The number of rotatable bonds is 4. The fourth-order valence-corrected chi connectivity index (χ4v) is 3.75. The summed E-state index contributed by atoms with van der Waals surface area (Å²) in [6.07, 6.45) is 9.01. The molecule has 2 aromatic heterocycles. The molecule has 3 aromatic rings. The molecule has 4 rings (SSSR count). The van der Waals surface area contributed by atoms with Crippen LogP contribution in [0.15, 0.2) is 47.9 Å². The molecule has 1 aliphatic heterocycles. The van der Waals surface area contributed by atoms with Gasteiger partial charge in [-0.1, -0.05) is 0 Å². The lowest BCUT2D eigenvalue weighted by Crippen LogP contribution is -2.42. The number of carbonyl (C=O) groups excluding carboxylic acids is 1. The highest BCUT2D eigenvalue weighted by Gasteiger charge is 2.26. The van der Waals surface area contributed by atoms with Crippen molar-refractivity contribution in [2.45, 2.75) is 19.4 Å². The Hall–Kier alpha value is -3.09. The minimum absolute atomic E-state index is 0.180. The number of likely N-dealkylation sites (tertiary alicyclic amines) is 1. The van der Waals surface area contributed by atoms with Crippen LogP contribution in [0.5, 0.6) is 5.75 Å². The highest BCUT2D eigenvalue weighted by Crippen LogP contribution is 2.21. The van der Waals surface area contributed by atoms with Gasteiger partial charge in [-0.25, -0.2) is 4.98 Å². The average Bonchev–Trinajstić information content (AvgIpc) is 3.21. The normalized spacial score (nSPS) is 17.2. The van der Waals surface area contributed by atoms with E-state index in [1.54, 1.807) is 42.7 Å². The van der Waals surface area contributed by atoms with Crippen molar-refractivity contribution in [2.75, 3.05) is 20.2 Å². The van der Waals surface area contributed by atoms with E-state index in [0.717, 1.165) is 19.4 Å². The minimum Gasteiger partial charge on any atom is -0.497 e.